The molecule has 0 bridgehead atoms. The van der Waals surface area contributed by atoms with Crippen LogP contribution in [0.5, 0.6) is 5.75 Å². The van der Waals surface area contributed by atoms with E-state index in [-0.39, 0.29) is 41.0 Å². The van der Waals surface area contributed by atoms with Gasteiger partial charge in [0.1, 0.15) is 17.7 Å². The Morgan fingerprint density at radius 2 is 1.70 bits per heavy atom. The monoisotopic (exact) mass is 590 g/mol. The highest BCUT2D eigenvalue weighted by Gasteiger charge is 2.51. The summed E-state index contributed by atoms with van der Waals surface area (Å²) in [6, 6.07) is 7.89. The quantitative estimate of drug-likeness (QED) is 0.400. The number of rotatable bonds is 8. The summed E-state index contributed by atoms with van der Waals surface area (Å²) >= 11 is 0. The fourth-order valence-corrected chi connectivity index (χ4v) is 4.93. The van der Waals surface area contributed by atoms with Crippen LogP contribution in [0.4, 0.5) is 33.7 Å². The van der Waals surface area contributed by atoms with Gasteiger partial charge in [0, 0.05) is 5.69 Å². The molecule has 0 saturated heterocycles. The van der Waals surface area contributed by atoms with E-state index in [1.807, 2.05) is 0 Å². The highest BCUT2D eigenvalue weighted by molar-refractivity contribution is 7.92. The number of amides is 2. The van der Waals surface area contributed by atoms with Crippen molar-refractivity contribution >= 4 is 33.4 Å². The first-order chi connectivity index (χ1) is 18.4. The fraction of sp³-hybridized carbons (Fsp3) is 0.440. The molecule has 2 aromatic carbocycles. The second-order valence-electron chi connectivity index (χ2n) is 10.0. The molecule has 0 spiro atoms. The van der Waals surface area contributed by atoms with Gasteiger partial charge < -0.3 is 20.1 Å². The molecule has 220 valence electrons. The predicted octanol–water partition coefficient (Wildman–Crippen LogP) is 3.79. The highest BCUT2D eigenvalue weighted by atomic mass is 32.2. The first-order valence-corrected chi connectivity index (χ1v) is 13.4. The first-order valence-electron chi connectivity index (χ1n) is 12.0. The Bertz CT molecular complexity index is 1360. The zero-order valence-corrected chi connectivity index (χ0v) is 23.2. The summed E-state index contributed by atoms with van der Waals surface area (Å²) in [6.07, 6.45) is -7.10. The van der Waals surface area contributed by atoms with Crippen LogP contribution >= 0.6 is 0 Å². The molecule has 2 amide bonds. The third-order valence-corrected chi connectivity index (χ3v) is 8.05. The Balaban J connectivity index is 1.93. The molecule has 0 saturated carbocycles. The number of likely N-dealkylation sites (N-methyl/N-ethyl adjacent to an activating group) is 1. The summed E-state index contributed by atoms with van der Waals surface area (Å²) < 4.78 is 91.4. The normalized spacial score (nSPS) is 16.0. The van der Waals surface area contributed by atoms with Gasteiger partial charge in [0.15, 0.2) is 0 Å². The molecule has 3 rings (SSSR count). The van der Waals surface area contributed by atoms with Crippen LogP contribution < -0.4 is 25.0 Å². The van der Waals surface area contributed by atoms with Gasteiger partial charge in [0.2, 0.25) is 11.5 Å². The summed E-state index contributed by atoms with van der Waals surface area (Å²) in [6.45, 7) is 4.31. The van der Waals surface area contributed by atoms with Gasteiger partial charge >= 0.3 is 12.3 Å². The van der Waals surface area contributed by atoms with Crippen LogP contribution in [0, 0.1) is 5.82 Å². The number of anilines is 2. The molecule has 40 heavy (non-hydrogen) atoms. The average Bonchev–Trinajstić information content (AvgIpc) is 2.85. The number of sulfonamides is 1. The maximum absolute atomic E-state index is 13.6. The molecule has 3 N–H and O–H groups in total. The minimum atomic E-state index is -4.83. The van der Waals surface area contributed by atoms with E-state index in [1.54, 1.807) is 20.9 Å². The van der Waals surface area contributed by atoms with E-state index in [9.17, 15) is 35.6 Å². The van der Waals surface area contributed by atoms with Crippen molar-refractivity contribution in [2.45, 2.75) is 56.0 Å². The minimum Gasteiger partial charge on any atom is -0.484 e. The van der Waals surface area contributed by atoms with Crippen molar-refractivity contribution in [2.24, 2.45) is 0 Å². The van der Waals surface area contributed by atoms with Crippen molar-refractivity contribution in [1.29, 1.82) is 0 Å². The van der Waals surface area contributed by atoms with Crippen molar-refractivity contribution < 1.29 is 45.0 Å². The Labute approximate surface area is 229 Å². The number of carbonyl (C=O) groups excluding carboxylic acids is 2. The van der Waals surface area contributed by atoms with Gasteiger partial charge in [-0.15, -0.1) is 0 Å². The van der Waals surface area contributed by atoms with Crippen LogP contribution in [0.2, 0.25) is 0 Å². The van der Waals surface area contributed by atoms with E-state index in [4.69, 9.17) is 4.74 Å². The summed E-state index contributed by atoms with van der Waals surface area (Å²) in [5, 5.41) is 7.71. The van der Waals surface area contributed by atoms with E-state index in [0.29, 0.717) is 13.8 Å². The zero-order chi connectivity index (χ0) is 30.1. The molecule has 1 aliphatic heterocycles. The third kappa shape index (κ3) is 6.75. The van der Waals surface area contributed by atoms with E-state index >= 15 is 0 Å². The maximum atomic E-state index is 13.6. The summed E-state index contributed by atoms with van der Waals surface area (Å²) in [4.78, 5) is 24.5. The number of hydrogen-bond acceptors (Lipinski definition) is 7. The van der Waals surface area contributed by atoms with E-state index in [0.717, 1.165) is 28.6 Å². The van der Waals surface area contributed by atoms with Crippen molar-refractivity contribution in [3.63, 3.8) is 0 Å². The molecule has 10 nitrogen and oxygen atoms in total. The van der Waals surface area contributed by atoms with Crippen LogP contribution in [0.3, 0.4) is 0 Å². The van der Waals surface area contributed by atoms with Gasteiger partial charge in [-0.3, -0.25) is 14.4 Å². The molecular formula is C25H30F4N4O6S. The van der Waals surface area contributed by atoms with Gasteiger partial charge in [0.05, 0.1) is 29.2 Å². The molecule has 0 aliphatic carbocycles. The second-order valence-corrected chi connectivity index (χ2v) is 11.9. The van der Waals surface area contributed by atoms with Crippen LogP contribution in [-0.4, -0.2) is 64.0 Å². The number of nitrogens with zero attached hydrogens (tertiary/aromatic N) is 1. The zero-order valence-electron chi connectivity index (χ0n) is 22.3. The number of hydrogen-bond donors (Lipinski definition) is 3. The molecular weight excluding hydrogens is 560 g/mol. The Morgan fingerprint density at radius 1 is 1.07 bits per heavy atom. The SMILES string of the molecule is CNC(C)(C)C(=O)NCC1CN(S(=O)(=O)c2ccc(F)cc2)c2cc(NC(=O)OC(C)(C)C(F)(F)F)ccc2O1. The molecule has 0 fully saturated rings. The lowest BCUT2D eigenvalue weighted by Crippen LogP contribution is -2.55. The van der Waals surface area contributed by atoms with Crippen LogP contribution in [-0.2, 0) is 19.6 Å². The molecule has 0 radical (unpaired) electrons. The topological polar surface area (TPSA) is 126 Å². The fourth-order valence-electron chi connectivity index (χ4n) is 3.43. The van der Waals surface area contributed by atoms with Gasteiger partial charge in [-0.05, 0) is 77.2 Å². The van der Waals surface area contributed by atoms with Crippen molar-refractivity contribution in [3.05, 3.63) is 48.3 Å². The van der Waals surface area contributed by atoms with Gasteiger partial charge in [-0.25, -0.2) is 17.6 Å². The van der Waals surface area contributed by atoms with E-state index in [1.165, 1.54) is 18.2 Å². The third-order valence-electron chi connectivity index (χ3n) is 6.25. The first kappa shape index (κ1) is 30.9. The lowest BCUT2D eigenvalue weighted by Gasteiger charge is -2.36. The lowest BCUT2D eigenvalue weighted by molar-refractivity contribution is -0.242. The second kappa shape index (κ2) is 11.1. The minimum absolute atomic E-state index is 0.0460. The van der Waals surface area contributed by atoms with Crippen LogP contribution in [0.1, 0.15) is 27.7 Å². The Hall–Kier alpha value is -3.59. The summed E-state index contributed by atoms with van der Waals surface area (Å²) in [5.74, 6) is -0.961. The number of benzene rings is 2. The number of fused-ring (bicyclic) bond motifs is 1. The van der Waals surface area contributed by atoms with Gasteiger partial charge in [-0.2, -0.15) is 13.2 Å². The highest BCUT2D eigenvalue weighted by Crippen LogP contribution is 2.39. The smallest absolute Gasteiger partial charge is 0.427 e. The molecule has 1 unspecified atom stereocenters. The average molecular weight is 591 g/mol. The molecule has 1 atom stereocenters. The van der Waals surface area contributed by atoms with Crippen LogP contribution in [0.25, 0.3) is 0 Å². The predicted molar refractivity (Wildman–Crippen MR) is 138 cm³/mol. The molecule has 15 heteroatoms. The van der Waals surface area contributed by atoms with E-state index < -0.39 is 45.4 Å². The Kier molecular flexibility index (Phi) is 8.60. The van der Waals surface area contributed by atoms with Gasteiger partial charge in [0.25, 0.3) is 10.0 Å². The molecule has 1 aliphatic rings. The Morgan fingerprint density at radius 3 is 2.27 bits per heavy atom. The molecule has 1 heterocycles. The lowest BCUT2D eigenvalue weighted by atomic mass is 10.1. The summed E-state index contributed by atoms with van der Waals surface area (Å²) in [5.41, 5.74) is -3.82. The maximum Gasteiger partial charge on any atom is 0.427 e. The number of alkyl halides is 3. The van der Waals surface area contributed by atoms with Crippen molar-refractivity contribution in [1.82, 2.24) is 10.6 Å². The largest absolute Gasteiger partial charge is 0.484 e. The summed E-state index contributed by atoms with van der Waals surface area (Å²) in [7, 11) is -2.71. The van der Waals surface area contributed by atoms with Gasteiger partial charge in [-0.1, -0.05) is 0 Å². The molecule has 2 aromatic rings. The van der Waals surface area contributed by atoms with Crippen molar-refractivity contribution in [3.8, 4) is 5.75 Å². The number of nitrogens with one attached hydrogen (secondary N) is 3. The number of halogens is 4. The number of carbonyl (C=O) groups is 2. The van der Waals surface area contributed by atoms with Crippen LogP contribution in [0.15, 0.2) is 47.4 Å². The van der Waals surface area contributed by atoms with Crippen molar-refractivity contribution in [2.75, 3.05) is 29.8 Å². The van der Waals surface area contributed by atoms with E-state index in [2.05, 4.69) is 20.7 Å². The molecule has 0 aromatic heterocycles. The standard InChI is InChI=1S/C25H30F4N4O6S/c1-23(2,30-5)21(34)31-13-17-14-33(40(36,37)18-9-6-15(26)7-10-18)19-12-16(8-11-20(19)38-17)32-22(35)39-24(3,4)25(27,28)29/h6-12,17,30H,13-14H2,1-5H3,(H,31,34)(H,32,35). The number of ether oxygens (including phenoxy) is 2.